The smallest absolute Gasteiger partial charge is 0.184 e. The number of hydrogen-bond acceptors (Lipinski definition) is 4. The number of halogens is 1. The maximum absolute atomic E-state index is 6.25. The van der Waals surface area contributed by atoms with Gasteiger partial charge in [-0.3, -0.25) is 5.10 Å². The molecular formula is C12H15ClN4S. The quantitative estimate of drug-likeness (QED) is 0.827. The van der Waals surface area contributed by atoms with E-state index in [1.807, 2.05) is 24.3 Å². The van der Waals surface area contributed by atoms with Gasteiger partial charge in [-0.25, -0.2) is 4.98 Å². The van der Waals surface area contributed by atoms with Crippen molar-refractivity contribution in [2.45, 2.75) is 29.8 Å². The number of nitrogens with one attached hydrogen (secondary N) is 1. The molecule has 0 bridgehead atoms. The summed E-state index contributed by atoms with van der Waals surface area (Å²) >= 11 is 7.80. The first-order valence-corrected chi connectivity index (χ1v) is 7.00. The molecule has 0 amide bonds. The Morgan fingerprint density at radius 3 is 2.83 bits per heavy atom. The lowest BCUT2D eigenvalue weighted by Gasteiger charge is -2.22. The zero-order valence-electron chi connectivity index (χ0n) is 10.0. The molecule has 0 fully saturated rings. The van der Waals surface area contributed by atoms with Gasteiger partial charge < -0.3 is 5.73 Å². The van der Waals surface area contributed by atoms with Gasteiger partial charge in [0.2, 0.25) is 0 Å². The van der Waals surface area contributed by atoms with Gasteiger partial charge in [0.1, 0.15) is 6.33 Å². The standard InChI is InChI=1S/C12H15ClN4S/c1-2-10(14)11(18-12-15-7-16-17-12)8-5-3-4-6-9(8)13/h3-7,10-11H,2,14H2,1H3,(H,15,16,17). The first-order valence-electron chi connectivity index (χ1n) is 5.74. The summed E-state index contributed by atoms with van der Waals surface area (Å²) < 4.78 is 0. The van der Waals surface area contributed by atoms with Gasteiger partial charge in [0.05, 0.1) is 5.25 Å². The molecule has 2 atom stereocenters. The molecule has 1 aromatic heterocycles. The highest BCUT2D eigenvalue weighted by atomic mass is 35.5. The summed E-state index contributed by atoms with van der Waals surface area (Å²) in [7, 11) is 0. The average molecular weight is 283 g/mol. The van der Waals surface area contributed by atoms with Gasteiger partial charge in [0.25, 0.3) is 0 Å². The summed E-state index contributed by atoms with van der Waals surface area (Å²) in [6.07, 6.45) is 2.36. The predicted octanol–water partition coefficient (Wildman–Crippen LogP) is 3.03. The van der Waals surface area contributed by atoms with Crippen LogP contribution in [0.4, 0.5) is 0 Å². The molecular weight excluding hydrogens is 268 g/mol. The molecule has 6 heteroatoms. The van der Waals surface area contributed by atoms with E-state index in [2.05, 4.69) is 22.1 Å². The highest BCUT2D eigenvalue weighted by molar-refractivity contribution is 7.99. The van der Waals surface area contributed by atoms with E-state index in [0.29, 0.717) is 0 Å². The van der Waals surface area contributed by atoms with Crippen LogP contribution in [0, 0.1) is 0 Å². The second-order valence-electron chi connectivity index (χ2n) is 3.92. The molecule has 0 saturated heterocycles. The van der Waals surface area contributed by atoms with E-state index < -0.39 is 0 Å². The molecule has 96 valence electrons. The van der Waals surface area contributed by atoms with Crippen molar-refractivity contribution in [3.05, 3.63) is 41.2 Å². The van der Waals surface area contributed by atoms with Crippen molar-refractivity contribution in [2.24, 2.45) is 5.73 Å². The van der Waals surface area contributed by atoms with Gasteiger partial charge in [0.15, 0.2) is 5.16 Å². The van der Waals surface area contributed by atoms with Crippen LogP contribution in [0.3, 0.4) is 0 Å². The van der Waals surface area contributed by atoms with E-state index in [-0.39, 0.29) is 11.3 Å². The first kappa shape index (κ1) is 13.4. The SMILES string of the molecule is CCC(N)C(Sc1ncn[nH]1)c1ccccc1Cl. The van der Waals surface area contributed by atoms with Crippen LogP contribution in [-0.2, 0) is 0 Å². The Balaban J connectivity index is 2.28. The van der Waals surface area contributed by atoms with Crippen molar-refractivity contribution in [1.29, 1.82) is 0 Å². The maximum Gasteiger partial charge on any atom is 0.184 e. The molecule has 1 aromatic carbocycles. The van der Waals surface area contributed by atoms with Crippen LogP contribution in [0.5, 0.6) is 0 Å². The number of thioether (sulfide) groups is 1. The van der Waals surface area contributed by atoms with Crippen LogP contribution in [0.2, 0.25) is 5.02 Å². The highest BCUT2D eigenvalue weighted by Gasteiger charge is 2.23. The highest BCUT2D eigenvalue weighted by Crippen LogP contribution is 2.39. The van der Waals surface area contributed by atoms with E-state index in [1.165, 1.54) is 6.33 Å². The van der Waals surface area contributed by atoms with Crippen LogP contribution in [-0.4, -0.2) is 21.2 Å². The van der Waals surface area contributed by atoms with Crippen molar-refractivity contribution in [3.8, 4) is 0 Å². The minimum Gasteiger partial charge on any atom is -0.326 e. The minimum atomic E-state index is 0.0139. The zero-order valence-corrected chi connectivity index (χ0v) is 11.6. The van der Waals surface area contributed by atoms with E-state index in [1.54, 1.807) is 11.8 Å². The van der Waals surface area contributed by atoms with Gasteiger partial charge in [-0.15, -0.1) is 0 Å². The molecule has 18 heavy (non-hydrogen) atoms. The number of aromatic nitrogens is 3. The molecule has 2 unspecified atom stereocenters. The number of nitrogens with two attached hydrogens (primary N) is 1. The fourth-order valence-corrected chi connectivity index (χ4v) is 3.14. The minimum absolute atomic E-state index is 0.0139. The van der Waals surface area contributed by atoms with E-state index in [9.17, 15) is 0 Å². The Morgan fingerprint density at radius 2 is 2.22 bits per heavy atom. The van der Waals surface area contributed by atoms with Gasteiger partial charge >= 0.3 is 0 Å². The number of nitrogens with zero attached hydrogens (tertiary/aromatic N) is 2. The molecule has 4 nitrogen and oxygen atoms in total. The molecule has 1 heterocycles. The number of aromatic amines is 1. The Morgan fingerprint density at radius 1 is 1.44 bits per heavy atom. The lowest BCUT2D eigenvalue weighted by molar-refractivity contribution is 0.633. The second kappa shape index (κ2) is 6.22. The van der Waals surface area contributed by atoms with Crippen molar-refractivity contribution in [2.75, 3.05) is 0 Å². The van der Waals surface area contributed by atoms with Crippen LogP contribution >= 0.6 is 23.4 Å². The lowest BCUT2D eigenvalue weighted by atomic mass is 10.0. The van der Waals surface area contributed by atoms with Crippen molar-refractivity contribution in [1.82, 2.24) is 15.2 Å². The summed E-state index contributed by atoms with van der Waals surface area (Å²) in [5.41, 5.74) is 7.23. The fourth-order valence-electron chi connectivity index (χ4n) is 1.67. The molecule has 0 saturated carbocycles. The van der Waals surface area contributed by atoms with Gasteiger partial charge in [-0.2, -0.15) is 5.10 Å². The van der Waals surface area contributed by atoms with Gasteiger partial charge in [0, 0.05) is 11.1 Å². The first-order chi connectivity index (χ1) is 8.72. The molecule has 2 rings (SSSR count). The monoisotopic (exact) mass is 282 g/mol. The van der Waals surface area contributed by atoms with E-state index in [0.717, 1.165) is 22.2 Å². The van der Waals surface area contributed by atoms with Crippen LogP contribution in [0.1, 0.15) is 24.2 Å². The van der Waals surface area contributed by atoms with Crippen molar-refractivity contribution in [3.63, 3.8) is 0 Å². The summed E-state index contributed by atoms with van der Waals surface area (Å²) in [4.78, 5) is 4.13. The van der Waals surface area contributed by atoms with E-state index >= 15 is 0 Å². The third kappa shape index (κ3) is 3.04. The second-order valence-corrected chi connectivity index (χ2v) is 5.46. The average Bonchev–Trinajstić information content (AvgIpc) is 2.89. The summed E-state index contributed by atoms with van der Waals surface area (Å²) in [6.45, 7) is 2.06. The Kier molecular flexibility index (Phi) is 4.63. The van der Waals surface area contributed by atoms with E-state index in [4.69, 9.17) is 17.3 Å². The molecule has 0 radical (unpaired) electrons. The third-order valence-electron chi connectivity index (χ3n) is 2.70. The largest absolute Gasteiger partial charge is 0.326 e. The molecule has 3 N–H and O–H groups in total. The summed E-state index contributed by atoms with van der Waals surface area (Å²) in [5, 5.41) is 8.24. The van der Waals surface area contributed by atoms with Crippen molar-refractivity contribution < 1.29 is 0 Å². The number of benzene rings is 1. The van der Waals surface area contributed by atoms with Crippen molar-refractivity contribution >= 4 is 23.4 Å². The lowest BCUT2D eigenvalue weighted by Crippen LogP contribution is -2.26. The number of H-pyrrole nitrogens is 1. The van der Waals surface area contributed by atoms with Crippen LogP contribution < -0.4 is 5.73 Å². The molecule has 0 aliphatic carbocycles. The topological polar surface area (TPSA) is 67.6 Å². The van der Waals surface area contributed by atoms with Gasteiger partial charge in [-0.05, 0) is 18.1 Å². The Hall–Kier alpha value is -1.04. The van der Waals surface area contributed by atoms with Crippen LogP contribution in [0.15, 0.2) is 35.7 Å². The molecule has 0 aliphatic rings. The number of rotatable bonds is 5. The molecule has 0 aliphatic heterocycles. The Bertz CT molecular complexity index is 489. The predicted molar refractivity (Wildman–Crippen MR) is 74.7 cm³/mol. The third-order valence-corrected chi connectivity index (χ3v) is 4.33. The molecule has 0 spiro atoms. The summed E-state index contributed by atoms with van der Waals surface area (Å²) in [6, 6.07) is 7.79. The van der Waals surface area contributed by atoms with Gasteiger partial charge in [-0.1, -0.05) is 48.5 Å². The number of hydrogen-bond donors (Lipinski definition) is 2. The maximum atomic E-state index is 6.25. The normalized spacial score (nSPS) is 14.4. The molecule has 2 aromatic rings. The summed E-state index contributed by atoms with van der Waals surface area (Å²) in [5.74, 6) is 0. The zero-order chi connectivity index (χ0) is 13.0. The fraction of sp³-hybridized carbons (Fsp3) is 0.333. The Labute approximate surface area is 115 Å². The van der Waals surface area contributed by atoms with Crippen LogP contribution in [0.25, 0.3) is 0 Å².